The van der Waals surface area contributed by atoms with Gasteiger partial charge in [0, 0.05) is 44.3 Å². The van der Waals surface area contributed by atoms with Crippen LogP contribution in [0.3, 0.4) is 0 Å². The van der Waals surface area contributed by atoms with Crippen LogP contribution in [0, 0.1) is 69.8 Å². The van der Waals surface area contributed by atoms with E-state index in [1.165, 1.54) is 0 Å². The van der Waals surface area contributed by atoms with E-state index in [9.17, 15) is 61.3 Å². The summed E-state index contributed by atoms with van der Waals surface area (Å²) in [6, 6.07) is 5.62. The molecule has 4 aliphatic rings. The Kier molecular flexibility index (Phi) is 18.1. The molecule has 0 unspecified atom stereocenters. The summed E-state index contributed by atoms with van der Waals surface area (Å²) in [5.74, 6) is -26.7. The number of aliphatic hydroxyl groups is 12. The SMILES string of the molecule is OC[C@H]1O[C@@H](Sc2c(F)c(F)c(-c3c4nc(c5ccc([nH]5)c(-c5c(F)c(F)c(S[C@@H]6O[C@H](CO)[C@@H](O)[C@H](O)[C@H]6O)c(F)c5F)c5ccc([nH]5)c(-c5c(F)c(F)c(S[C@@H]6O[C@H](CO)[C@@H](O)[C@H](O)[C@H]6O)c(F)c5F)c5ccc3[nH]5)C=C4)c(F)c2F)[C@H](O)[C@@H](O)[C@@H]1O. The van der Waals surface area contributed by atoms with Crippen molar-refractivity contribution in [3.8, 4) is 33.4 Å². The number of aromatic amines is 3. The van der Waals surface area contributed by atoms with Crippen LogP contribution in [0.25, 0.3) is 78.6 Å². The lowest BCUT2D eigenvalue weighted by atomic mass is 10.0. The normalized spacial score (nSPS) is 27.8. The van der Waals surface area contributed by atoms with Crippen molar-refractivity contribution in [1.29, 1.82) is 0 Å². The third-order valence-corrected chi connectivity index (χ3v) is 18.9. The van der Waals surface area contributed by atoms with Gasteiger partial charge in [-0.3, -0.25) is 0 Å². The van der Waals surface area contributed by atoms with Crippen molar-refractivity contribution in [2.45, 2.75) is 104 Å². The van der Waals surface area contributed by atoms with E-state index in [4.69, 9.17) is 14.2 Å². The zero-order valence-electron chi connectivity index (χ0n) is 44.2. The van der Waals surface area contributed by atoms with Crippen molar-refractivity contribution in [2.75, 3.05) is 19.8 Å². The van der Waals surface area contributed by atoms with Gasteiger partial charge in [-0.2, -0.15) is 0 Å². The van der Waals surface area contributed by atoms with Crippen molar-refractivity contribution < 1.29 is 128 Å². The van der Waals surface area contributed by atoms with E-state index in [1.807, 2.05) is 0 Å². The molecule has 3 aromatic carbocycles. The number of hydrogen-bond acceptors (Lipinski definition) is 19. The first-order valence-electron chi connectivity index (χ1n) is 26.1. The number of hydrogen-bond donors (Lipinski definition) is 15. The Bertz CT molecular complexity index is 4040. The van der Waals surface area contributed by atoms with Gasteiger partial charge in [-0.1, -0.05) is 35.3 Å². The minimum atomic E-state index is -2.30. The van der Waals surface area contributed by atoms with Gasteiger partial charge in [0.05, 0.1) is 68.1 Å². The van der Waals surface area contributed by atoms with Crippen LogP contribution in [-0.4, -0.2) is 191 Å². The number of ether oxygens (including phenoxy) is 3. The molecular formula is C55H44F12N4O15S3. The number of fused-ring (bicyclic) bond motifs is 9. The molecule has 8 bridgehead atoms. The number of nitrogens with one attached hydrogen (secondary N) is 3. The van der Waals surface area contributed by atoms with Crippen molar-refractivity contribution in [2.24, 2.45) is 0 Å². The predicted octanol–water partition coefficient (Wildman–Crippen LogP) is 5.04. The van der Waals surface area contributed by atoms with Gasteiger partial charge in [0.25, 0.3) is 0 Å². The highest BCUT2D eigenvalue weighted by Crippen LogP contribution is 2.48. The fraction of sp³-hybridized carbons (Fsp3) is 0.327. The molecule has 89 heavy (non-hydrogen) atoms. The van der Waals surface area contributed by atoms with E-state index >= 15 is 52.7 Å². The van der Waals surface area contributed by atoms with E-state index in [1.54, 1.807) is 0 Å². The molecule has 8 heterocycles. The van der Waals surface area contributed by atoms with Gasteiger partial charge < -0.3 is 90.4 Å². The van der Waals surface area contributed by atoms with Gasteiger partial charge >= 0.3 is 0 Å². The van der Waals surface area contributed by atoms with E-state index in [2.05, 4.69) is 19.9 Å². The fourth-order valence-electron chi connectivity index (χ4n) is 10.6. The summed E-state index contributed by atoms with van der Waals surface area (Å²) < 4.78 is 218. The molecule has 4 aliphatic heterocycles. The summed E-state index contributed by atoms with van der Waals surface area (Å²) in [4.78, 5) is 7.57. The monoisotopic (exact) mass is 1320 g/mol. The molecule has 19 nitrogen and oxygen atoms in total. The molecule has 0 amide bonds. The molecule has 0 saturated carbocycles. The standard InChI is InChI=1S/C55H44F12N4O15S3/c56-29-26(30(57)36(63)50(35(29)62)87-53-47(81)44(78)41(75)20(9-72)84-53)23-14-3-1-12(68-14)13-2-4-15(69-13)24(27-31(58)37(64)51(38(65)32(27)59)88-54-48(82)45(79)42(76)21(10-73)85-54)17-6-8-19(71-17)25(18-7-5-16(23)70-18)28-33(60)39(66)52(40(67)34(28)61)89-55-49(83)46(80)43(77)22(11-74)86-55/h1-8,20-22,41-49,53-55,68,70-83H,9-11H2/t20-,21-,22-,41-,42-,43-,44+,45+,46+,47-,48-,49-,53+,54+,55+/m1/s1. The van der Waals surface area contributed by atoms with Crippen LogP contribution in [0.15, 0.2) is 51.1 Å². The molecule has 34 heteroatoms. The largest absolute Gasteiger partial charge is 0.394 e. The first kappa shape index (κ1) is 64.5. The molecule has 0 spiro atoms. The maximum atomic E-state index is 17.2. The number of halogens is 12. The first-order valence-corrected chi connectivity index (χ1v) is 28.7. The Morgan fingerprint density at radius 2 is 0.562 bits per heavy atom. The second-order valence-electron chi connectivity index (χ2n) is 20.5. The molecule has 0 aliphatic carbocycles. The zero-order chi connectivity index (χ0) is 64.3. The number of thioether (sulfide) groups is 3. The minimum Gasteiger partial charge on any atom is -0.394 e. The minimum absolute atomic E-state index is 0.193. The van der Waals surface area contributed by atoms with E-state index in [0.717, 1.165) is 48.6 Å². The van der Waals surface area contributed by atoms with E-state index in [-0.39, 0.29) is 46.5 Å². The van der Waals surface area contributed by atoms with Gasteiger partial charge in [0.15, 0.2) is 69.8 Å². The number of benzene rings is 3. The van der Waals surface area contributed by atoms with Crippen LogP contribution in [-0.2, 0) is 14.2 Å². The maximum Gasteiger partial charge on any atom is 0.176 e. The zero-order valence-corrected chi connectivity index (χ0v) is 46.6. The highest BCUT2D eigenvalue weighted by atomic mass is 32.2. The molecule has 3 saturated heterocycles. The third kappa shape index (κ3) is 10.8. The van der Waals surface area contributed by atoms with Crippen molar-refractivity contribution >= 4 is 80.5 Å². The smallest absolute Gasteiger partial charge is 0.176 e. The van der Waals surface area contributed by atoms with Crippen LogP contribution in [0.1, 0.15) is 11.4 Å². The summed E-state index contributed by atoms with van der Waals surface area (Å²) >= 11 is -0.676. The number of aliphatic hydroxyl groups excluding tert-OH is 12. The highest BCUT2D eigenvalue weighted by molar-refractivity contribution is 8.00. The van der Waals surface area contributed by atoms with Crippen molar-refractivity contribution in [3.63, 3.8) is 0 Å². The number of H-pyrrole nitrogens is 3. The summed E-state index contributed by atoms with van der Waals surface area (Å²) in [6.45, 7) is -3.08. The van der Waals surface area contributed by atoms with Crippen LogP contribution < -0.4 is 0 Å². The van der Waals surface area contributed by atoms with Gasteiger partial charge in [0.2, 0.25) is 0 Å². The third-order valence-electron chi connectivity index (χ3n) is 15.2. The molecule has 15 N–H and O–H groups in total. The van der Waals surface area contributed by atoms with Gasteiger partial charge in [-0.25, -0.2) is 57.7 Å². The Morgan fingerprint density at radius 3 is 0.854 bits per heavy atom. The Hall–Kier alpha value is -6.00. The molecule has 15 atom stereocenters. The second kappa shape index (κ2) is 24.9. The lowest BCUT2D eigenvalue weighted by molar-refractivity contribution is -0.205. The maximum absolute atomic E-state index is 17.2. The number of rotatable bonds is 12. The molecular weight excluding hydrogens is 1280 g/mol. The molecule has 3 fully saturated rings. The van der Waals surface area contributed by atoms with E-state index < -0.39 is 261 Å². The summed E-state index contributed by atoms with van der Waals surface area (Å²) in [5, 5.41) is 123. The van der Waals surface area contributed by atoms with Crippen LogP contribution >= 0.6 is 35.3 Å². The molecule has 11 rings (SSSR count). The van der Waals surface area contributed by atoms with Crippen LogP contribution in [0.5, 0.6) is 0 Å². The van der Waals surface area contributed by atoms with Crippen LogP contribution in [0.2, 0.25) is 0 Å². The first-order chi connectivity index (χ1) is 42.2. The summed E-state index contributed by atoms with van der Waals surface area (Å²) in [7, 11) is 0. The number of nitrogens with zero attached hydrogens (tertiary/aromatic N) is 1. The molecule has 476 valence electrons. The Morgan fingerprint density at radius 1 is 0.315 bits per heavy atom. The lowest BCUT2D eigenvalue weighted by Gasteiger charge is -2.39. The van der Waals surface area contributed by atoms with Gasteiger partial charge in [-0.05, 0) is 48.6 Å². The van der Waals surface area contributed by atoms with Gasteiger partial charge in [-0.15, -0.1) is 0 Å². The second-order valence-corrected chi connectivity index (χ2v) is 23.8. The van der Waals surface area contributed by atoms with Gasteiger partial charge in [0.1, 0.15) is 89.6 Å². The average molecular weight is 1330 g/mol. The number of aromatic nitrogens is 4. The Labute approximate surface area is 501 Å². The summed E-state index contributed by atoms with van der Waals surface area (Å²) in [5.41, 5.74) is -18.2. The van der Waals surface area contributed by atoms with Crippen molar-refractivity contribution in [1.82, 2.24) is 19.9 Å². The van der Waals surface area contributed by atoms with Crippen molar-refractivity contribution in [3.05, 3.63) is 118 Å². The van der Waals surface area contributed by atoms with E-state index in [0.29, 0.717) is 0 Å². The highest BCUT2D eigenvalue weighted by Gasteiger charge is 2.48. The molecule has 7 aromatic rings. The Balaban J connectivity index is 1.17. The molecule has 4 aromatic heterocycles. The quantitative estimate of drug-likeness (QED) is 0.0562. The summed E-state index contributed by atoms with van der Waals surface area (Å²) in [6.07, 6.45) is -21.8. The fourth-order valence-corrected chi connectivity index (χ4v) is 13.9. The lowest BCUT2D eigenvalue weighted by Crippen LogP contribution is -2.57. The van der Waals surface area contributed by atoms with Crippen LogP contribution in [0.4, 0.5) is 52.7 Å². The average Bonchev–Trinajstić information content (AvgIpc) is 2.33. The molecule has 0 radical (unpaired) electrons. The predicted molar refractivity (Wildman–Crippen MR) is 290 cm³/mol. The topological polar surface area (TPSA) is 331 Å².